The first kappa shape index (κ1) is 11.4. The van der Waals surface area contributed by atoms with Crippen LogP contribution in [0.1, 0.15) is 5.56 Å². The minimum absolute atomic E-state index is 0.0458. The van der Waals surface area contributed by atoms with Gasteiger partial charge in [0.15, 0.2) is 9.84 Å². The molecule has 2 rings (SSSR count). The standard InChI is InChI=1S/C11H14O4S/c1-16(12,13)8-9-3-2-4-10(5-9)14-6-11-7-15-11/h2-5,11H,6-8H2,1H3/t11-/m1/s1. The SMILES string of the molecule is CS(=O)(=O)Cc1cccc(OC[C@@H]2CO2)c1. The number of hydrogen-bond donors (Lipinski definition) is 0. The van der Waals surface area contributed by atoms with Crippen LogP contribution in [0.5, 0.6) is 5.75 Å². The Balaban J connectivity index is 2.00. The second-order valence-electron chi connectivity index (χ2n) is 3.98. The number of ether oxygens (including phenoxy) is 2. The molecule has 1 atom stereocenters. The number of epoxide rings is 1. The van der Waals surface area contributed by atoms with Gasteiger partial charge >= 0.3 is 0 Å². The molecule has 1 aliphatic heterocycles. The van der Waals surface area contributed by atoms with E-state index >= 15 is 0 Å². The van der Waals surface area contributed by atoms with Gasteiger partial charge in [-0.05, 0) is 17.7 Å². The van der Waals surface area contributed by atoms with E-state index in [9.17, 15) is 8.42 Å². The summed E-state index contributed by atoms with van der Waals surface area (Å²) in [6, 6.07) is 7.14. The first-order chi connectivity index (χ1) is 7.53. The lowest BCUT2D eigenvalue weighted by Crippen LogP contribution is -2.05. The zero-order valence-corrected chi connectivity index (χ0v) is 9.87. The molecule has 16 heavy (non-hydrogen) atoms. The van der Waals surface area contributed by atoms with Crippen molar-refractivity contribution < 1.29 is 17.9 Å². The van der Waals surface area contributed by atoms with Crippen molar-refractivity contribution in [2.24, 2.45) is 0 Å². The van der Waals surface area contributed by atoms with E-state index in [2.05, 4.69) is 0 Å². The normalized spacial score (nSPS) is 19.4. The Labute approximate surface area is 95.1 Å². The molecule has 0 bridgehead atoms. The molecule has 1 fully saturated rings. The highest BCUT2D eigenvalue weighted by atomic mass is 32.2. The van der Waals surface area contributed by atoms with E-state index in [0.29, 0.717) is 12.4 Å². The zero-order chi connectivity index (χ0) is 11.6. The van der Waals surface area contributed by atoms with E-state index in [1.807, 2.05) is 6.07 Å². The average molecular weight is 242 g/mol. The van der Waals surface area contributed by atoms with Crippen LogP contribution in [0, 0.1) is 0 Å². The van der Waals surface area contributed by atoms with E-state index in [0.717, 1.165) is 12.2 Å². The molecule has 0 amide bonds. The summed E-state index contributed by atoms with van der Waals surface area (Å²) < 4.78 is 32.7. The van der Waals surface area contributed by atoms with E-state index in [4.69, 9.17) is 9.47 Å². The Hall–Kier alpha value is -1.07. The van der Waals surface area contributed by atoms with Crippen LogP contribution in [0.25, 0.3) is 0 Å². The van der Waals surface area contributed by atoms with Crippen LogP contribution in [-0.4, -0.2) is 34.0 Å². The molecule has 1 aliphatic rings. The van der Waals surface area contributed by atoms with Crippen molar-refractivity contribution in [2.45, 2.75) is 11.9 Å². The molecule has 1 heterocycles. The molecule has 0 unspecified atom stereocenters. The third-order valence-corrected chi connectivity index (χ3v) is 3.02. The predicted octanol–water partition coefficient (Wildman–Crippen LogP) is 1.01. The van der Waals surface area contributed by atoms with Crippen LogP contribution < -0.4 is 4.74 Å². The summed E-state index contributed by atoms with van der Waals surface area (Å²) in [5.74, 6) is 0.737. The summed E-state index contributed by atoms with van der Waals surface area (Å²) in [5.41, 5.74) is 0.747. The first-order valence-corrected chi connectivity index (χ1v) is 7.10. The Bertz CT molecular complexity index is 463. The van der Waals surface area contributed by atoms with Crippen molar-refractivity contribution in [2.75, 3.05) is 19.5 Å². The summed E-state index contributed by atoms with van der Waals surface area (Å²) in [4.78, 5) is 0. The fourth-order valence-corrected chi connectivity index (χ4v) is 2.17. The van der Waals surface area contributed by atoms with Crippen molar-refractivity contribution in [1.29, 1.82) is 0 Å². The number of rotatable bonds is 5. The van der Waals surface area contributed by atoms with Gasteiger partial charge in [-0.2, -0.15) is 0 Å². The molecular weight excluding hydrogens is 228 g/mol. The van der Waals surface area contributed by atoms with Crippen molar-refractivity contribution in [3.63, 3.8) is 0 Å². The third-order valence-electron chi connectivity index (χ3n) is 2.17. The summed E-state index contributed by atoms with van der Waals surface area (Å²) >= 11 is 0. The zero-order valence-electron chi connectivity index (χ0n) is 9.05. The lowest BCUT2D eigenvalue weighted by Gasteiger charge is -2.06. The minimum Gasteiger partial charge on any atom is -0.491 e. The molecule has 1 saturated heterocycles. The van der Waals surface area contributed by atoms with Gasteiger partial charge in [-0.15, -0.1) is 0 Å². The summed E-state index contributed by atoms with van der Waals surface area (Å²) in [7, 11) is -2.99. The smallest absolute Gasteiger partial charge is 0.151 e. The molecular formula is C11H14O4S. The van der Waals surface area contributed by atoms with E-state index in [1.54, 1.807) is 18.2 Å². The topological polar surface area (TPSA) is 55.9 Å². The molecule has 0 radical (unpaired) electrons. The number of benzene rings is 1. The van der Waals surface area contributed by atoms with Crippen molar-refractivity contribution in [1.82, 2.24) is 0 Å². The van der Waals surface area contributed by atoms with Crippen molar-refractivity contribution in [3.8, 4) is 5.75 Å². The fourth-order valence-electron chi connectivity index (χ4n) is 1.38. The lowest BCUT2D eigenvalue weighted by atomic mass is 10.2. The van der Waals surface area contributed by atoms with Gasteiger partial charge < -0.3 is 9.47 Å². The van der Waals surface area contributed by atoms with E-state index in [1.165, 1.54) is 6.26 Å². The Kier molecular flexibility index (Phi) is 3.16. The molecule has 4 nitrogen and oxygen atoms in total. The minimum atomic E-state index is -2.99. The maximum atomic E-state index is 11.1. The second kappa shape index (κ2) is 4.43. The van der Waals surface area contributed by atoms with Gasteiger partial charge in [-0.1, -0.05) is 12.1 Å². The third kappa shape index (κ3) is 3.83. The predicted molar refractivity (Wildman–Crippen MR) is 60.2 cm³/mol. The van der Waals surface area contributed by atoms with E-state index in [-0.39, 0.29) is 11.9 Å². The second-order valence-corrected chi connectivity index (χ2v) is 6.12. The number of sulfone groups is 1. The van der Waals surface area contributed by atoms with Gasteiger partial charge in [0, 0.05) is 6.26 Å². The molecule has 0 saturated carbocycles. The average Bonchev–Trinajstić information content (AvgIpc) is 2.96. The Morgan fingerprint density at radius 2 is 2.25 bits per heavy atom. The number of hydrogen-bond acceptors (Lipinski definition) is 4. The van der Waals surface area contributed by atoms with Gasteiger partial charge in [0.1, 0.15) is 18.5 Å². The monoisotopic (exact) mass is 242 g/mol. The Morgan fingerprint density at radius 1 is 1.50 bits per heavy atom. The van der Waals surface area contributed by atoms with Crippen LogP contribution in [0.4, 0.5) is 0 Å². The summed E-state index contributed by atoms with van der Waals surface area (Å²) in [5, 5.41) is 0. The van der Waals surface area contributed by atoms with Gasteiger partial charge in [0.25, 0.3) is 0 Å². The summed E-state index contributed by atoms with van der Waals surface area (Å²) in [6.45, 7) is 1.28. The highest BCUT2D eigenvalue weighted by Crippen LogP contribution is 2.17. The van der Waals surface area contributed by atoms with Crippen LogP contribution >= 0.6 is 0 Å². The van der Waals surface area contributed by atoms with Crippen LogP contribution in [0.3, 0.4) is 0 Å². The molecule has 5 heteroatoms. The maximum Gasteiger partial charge on any atom is 0.151 e. The molecule has 88 valence electrons. The quantitative estimate of drug-likeness (QED) is 0.723. The lowest BCUT2D eigenvalue weighted by molar-refractivity contribution is 0.263. The largest absolute Gasteiger partial charge is 0.491 e. The van der Waals surface area contributed by atoms with Crippen molar-refractivity contribution in [3.05, 3.63) is 29.8 Å². The maximum absolute atomic E-state index is 11.1. The first-order valence-electron chi connectivity index (χ1n) is 5.04. The molecule has 1 aromatic carbocycles. The van der Waals surface area contributed by atoms with Gasteiger partial charge in [0.05, 0.1) is 12.4 Å². The van der Waals surface area contributed by atoms with Crippen LogP contribution in [0.15, 0.2) is 24.3 Å². The molecule has 0 aliphatic carbocycles. The molecule has 0 N–H and O–H groups in total. The Morgan fingerprint density at radius 3 is 2.88 bits per heavy atom. The molecule has 0 aromatic heterocycles. The fraction of sp³-hybridized carbons (Fsp3) is 0.455. The van der Waals surface area contributed by atoms with E-state index < -0.39 is 9.84 Å². The molecule has 1 aromatic rings. The highest BCUT2D eigenvalue weighted by molar-refractivity contribution is 7.89. The van der Waals surface area contributed by atoms with Crippen LogP contribution in [0.2, 0.25) is 0 Å². The van der Waals surface area contributed by atoms with Gasteiger partial charge in [-0.3, -0.25) is 0 Å². The van der Waals surface area contributed by atoms with Gasteiger partial charge in [-0.25, -0.2) is 8.42 Å². The van der Waals surface area contributed by atoms with Crippen LogP contribution in [-0.2, 0) is 20.3 Å². The molecule has 0 spiro atoms. The van der Waals surface area contributed by atoms with Gasteiger partial charge in [0.2, 0.25) is 0 Å². The highest BCUT2D eigenvalue weighted by Gasteiger charge is 2.23. The van der Waals surface area contributed by atoms with Crippen molar-refractivity contribution >= 4 is 9.84 Å². The summed E-state index contributed by atoms with van der Waals surface area (Å²) in [6.07, 6.45) is 1.43.